The molecule has 2 aromatic rings. The maximum atomic E-state index is 13.0. The van der Waals surface area contributed by atoms with Gasteiger partial charge in [-0.15, -0.1) is 0 Å². The Morgan fingerprint density at radius 3 is 2.44 bits per heavy atom. The third-order valence-corrected chi connectivity index (χ3v) is 5.75. The van der Waals surface area contributed by atoms with Gasteiger partial charge in [0.15, 0.2) is 0 Å². The molecular weight excluding hydrogens is 462 g/mol. The van der Waals surface area contributed by atoms with Crippen molar-refractivity contribution in [2.75, 3.05) is 38.5 Å². The molecule has 0 bridgehead atoms. The minimum atomic E-state index is -4.18. The molecule has 0 aromatic carbocycles. The molecule has 3 amide bonds. The number of pyridine rings is 1. The summed E-state index contributed by atoms with van der Waals surface area (Å²) < 4.78 is 57.4. The first-order valence-corrected chi connectivity index (χ1v) is 10.5. The van der Waals surface area contributed by atoms with Gasteiger partial charge in [-0.05, 0) is 31.9 Å². The predicted octanol–water partition coefficient (Wildman–Crippen LogP) is 2.24. The lowest BCUT2D eigenvalue weighted by molar-refractivity contribution is -0.172. The number of aromatic nitrogens is 1. The number of rotatable bonds is 4. The molecule has 0 spiro atoms. The number of carbonyl (C=O) groups is 3. The molecule has 1 atom stereocenters. The molecule has 2 saturated heterocycles. The van der Waals surface area contributed by atoms with Crippen molar-refractivity contribution >= 4 is 35.0 Å². The van der Waals surface area contributed by atoms with Gasteiger partial charge in [0.2, 0.25) is 23.8 Å². The van der Waals surface area contributed by atoms with Crippen LogP contribution in [-0.4, -0.2) is 78.1 Å². The van der Waals surface area contributed by atoms with Crippen LogP contribution in [0.3, 0.4) is 0 Å². The van der Waals surface area contributed by atoms with E-state index >= 15 is 0 Å². The van der Waals surface area contributed by atoms with Crippen LogP contribution >= 0.6 is 0 Å². The van der Waals surface area contributed by atoms with Crippen molar-refractivity contribution in [3.05, 3.63) is 23.6 Å². The number of alkyl halides is 4. The second-order valence-electron chi connectivity index (χ2n) is 8.27. The molecule has 2 fully saturated rings. The molecular formula is C21H25F4N5O4. The highest BCUT2D eigenvalue weighted by Gasteiger charge is 2.64. The van der Waals surface area contributed by atoms with Gasteiger partial charge in [0.25, 0.3) is 5.91 Å². The number of nitrogens with one attached hydrogen (secondary N) is 1. The average Bonchev–Trinajstić information content (AvgIpc) is 3.26. The normalized spacial score (nSPS) is 21.1. The summed E-state index contributed by atoms with van der Waals surface area (Å²) in [6.07, 6.45) is 1.57. The van der Waals surface area contributed by atoms with E-state index in [0.717, 1.165) is 11.1 Å². The fourth-order valence-electron chi connectivity index (χ4n) is 3.98. The minimum Gasteiger partial charge on any atom is -0.430 e. The number of furan rings is 1. The van der Waals surface area contributed by atoms with Gasteiger partial charge in [-0.1, -0.05) is 0 Å². The first-order valence-electron chi connectivity index (χ1n) is 10.5. The summed E-state index contributed by atoms with van der Waals surface area (Å²) in [4.78, 5) is 39.7. The van der Waals surface area contributed by atoms with Crippen LogP contribution in [0.2, 0.25) is 0 Å². The number of anilines is 1. The van der Waals surface area contributed by atoms with E-state index in [1.807, 2.05) is 19.1 Å². The van der Waals surface area contributed by atoms with Crippen LogP contribution in [0, 0.1) is 12.8 Å². The fourth-order valence-corrected chi connectivity index (χ4v) is 3.98. The number of fused-ring (bicyclic) bond motifs is 1. The number of likely N-dealkylation sites (tertiary alicyclic amines) is 2. The fraction of sp³-hybridized carbons (Fsp3) is 0.524. The lowest BCUT2D eigenvalue weighted by atomic mass is 9.97. The lowest BCUT2D eigenvalue weighted by Crippen LogP contribution is -2.44. The standard InChI is InChI=1S/C11H14F4N2O2.C10H11N3O2/c12-10(13)5-17(6-11(10,14)15)9(19)8-2-1-3-16(4-8)7-18;1-5-3-4-6-7(12-2)8(9(11)14)15-10(6)13-5/h7-8H,1-6H2;3-4,12H,1-2H3,(H2,11,14). The first kappa shape index (κ1) is 25.2. The summed E-state index contributed by atoms with van der Waals surface area (Å²) in [6.45, 7) is -0.0482. The molecule has 0 aliphatic carbocycles. The van der Waals surface area contributed by atoms with Crippen LogP contribution < -0.4 is 11.1 Å². The highest BCUT2D eigenvalue weighted by Crippen LogP contribution is 2.41. The Balaban J connectivity index is 0.000000196. The van der Waals surface area contributed by atoms with Crippen molar-refractivity contribution in [1.29, 1.82) is 0 Å². The molecule has 13 heteroatoms. The number of carbonyl (C=O) groups excluding carboxylic acids is 3. The Bertz CT molecular complexity index is 1070. The predicted molar refractivity (Wildman–Crippen MR) is 114 cm³/mol. The number of hydrogen-bond acceptors (Lipinski definition) is 6. The van der Waals surface area contributed by atoms with Gasteiger partial charge in [0.05, 0.1) is 30.1 Å². The summed E-state index contributed by atoms with van der Waals surface area (Å²) in [5.74, 6) is -10.2. The SMILES string of the molecule is CNc1c(C(N)=O)oc2nc(C)ccc12.O=CN1CCCC(C(=O)N2CC(F)(F)C(F)(F)C2)C1. The molecule has 2 aliphatic rings. The number of nitrogens with zero attached hydrogens (tertiary/aromatic N) is 3. The van der Waals surface area contributed by atoms with Gasteiger partial charge in [0, 0.05) is 25.8 Å². The zero-order valence-electron chi connectivity index (χ0n) is 18.6. The molecule has 9 nitrogen and oxygen atoms in total. The molecule has 2 aromatic heterocycles. The molecule has 0 saturated carbocycles. The van der Waals surface area contributed by atoms with E-state index in [-0.39, 0.29) is 12.3 Å². The summed E-state index contributed by atoms with van der Waals surface area (Å²) >= 11 is 0. The molecule has 0 radical (unpaired) electrons. The molecule has 4 heterocycles. The van der Waals surface area contributed by atoms with Gasteiger partial charge < -0.3 is 25.3 Å². The topological polar surface area (TPSA) is 122 Å². The lowest BCUT2D eigenvalue weighted by Gasteiger charge is -2.31. The molecule has 2 aliphatic heterocycles. The quantitative estimate of drug-likeness (QED) is 0.504. The number of nitrogens with two attached hydrogens (primary N) is 1. The third-order valence-electron chi connectivity index (χ3n) is 5.75. The molecule has 4 rings (SSSR count). The van der Waals surface area contributed by atoms with E-state index in [0.29, 0.717) is 42.1 Å². The highest BCUT2D eigenvalue weighted by atomic mass is 19.3. The van der Waals surface area contributed by atoms with Crippen molar-refractivity contribution < 1.29 is 36.4 Å². The number of amides is 3. The Hall–Kier alpha value is -3.38. The summed E-state index contributed by atoms with van der Waals surface area (Å²) in [5, 5.41) is 3.65. The van der Waals surface area contributed by atoms with Crippen LogP contribution in [0.25, 0.3) is 11.1 Å². The Kier molecular flexibility index (Phi) is 7.03. The van der Waals surface area contributed by atoms with E-state index < -0.39 is 42.7 Å². The first-order chi connectivity index (χ1) is 15.9. The second kappa shape index (κ2) is 9.47. The van der Waals surface area contributed by atoms with E-state index in [9.17, 15) is 31.9 Å². The van der Waals surface area contributed by atoms with E-state index in [4.69, 9.17) is 10.2 Å². The number of halogens is 4. The molecule has 3 N–H and O–H groups in total. The summed E-state index contributed by atoms with van der Waals surface area (Å²) in [5.41, 5.74) is 7.03. The summed E-state index contributed by atoms with van der Waals surface area (Å²) in [6, 6.07) is 3.70. The van der Waals surface area contributed by atoms with Crippen molar-refractivity contribution in [1.82, 2.24) is 14.8 Å². The van der Waals surface area contributed by atoms with Crippen LogP contribution in [-0.2, 0) is 9.59 Å². The van der Waals surface area contributed by atoms with Crippen molar-refractivity contribution in [2.45, 2.75) is 31.6 Å². The van der Waals surface area contributed by atoms with Crippen LogP contribution in [0.4, 0.5) is 23.2 Å². The molecule has 186 valence electrons. The Morgan fingerprint density at radius 2 is 1.88 bits per heavy atom. The number of hydrogen-bond donors (Lipinski definition) is 2. The average molecular weight is 487 g/mol. The number of primary amides is 1. The number of piperidine rings is 1. The second-order valence-corrected chi connectivity index (χ2v) is 8.27. The third kappa shape index (κ3) is 4.92. The van der Waals surface area contributed by atoms with Crippen molar-refractivity contribution in [3.63, 3.8) is 0 Å². The van der Waals surface area contributed by atoms with E-state index in [2.05, 4.69) is 10.3 Å². The van der Waals surface area contributed by atoms with E-state index in [1.165, 1.54) is 4.90 Å². The van der Waals surface area contributed by atoms with Crippen molar-refractivity contribution in [3.8, 4) is 0 Å². The Morgan fingerprint density at radius 1 is 1.24 bits per heavy atom. The number of aryl methyl sites for hydroxylation is 1. The smallest absolute Gasteiger partial charge is 0.329 e. The van der Waals surface area contributed by atoms with Gasteiger partial charge >= 0.3 is 11.8 Å². The van der Waals surface area contributed by atoms with Gasteiger partial charge in [-0.2, -0.15) is 17.6 Å². The van der Waals surface area contributed by atoms with Gasteiger partial charge in [0.1, 0.15) is 0 Å². The van der Waals surface area contributed by atoms with E-state index in [1.54, 1.807) is 7.05 Å². The Labute approximate surface area is 192 Å². The van der Waals surface area contributed by atoms with Crippen LogP contribution in [0.15, 0.2) is 16.5 Å². The zero-order chi connectivity index (χ0) is 25.3. The molecule has 1 unspecified atom stereocenters. The van der Waals surface area contributed by atoms with Crippen LogP contribution in [0.5, 0.6) is 0 Å². The van der Waals surface area contributed by atoms with Crippen LogP contribution in [0.1, 0.15) is 29.1 Å². The molecule has 34 heavy (non-hydrogen) atoms. The minimum absolute atomic E-state index is 0.107. The maximum Gasteiger partial charge on any atom is 0.329 e. The zero-order valence-corrected chi connectivity index (χ0v) is 18.6. The van der Waals surface area contributed by atoms with Gasteiger partial charge in [-0.3, -0.25) is 14.4 Å². The summed E-state index contributed by atoms with van der Waals surface area (Å²) in [7, 11) is 1.70. The largest absolute Gasteiger partial charge is 0.430 e. The van der Waals surface area contributed by atoms with Gasteiger partial charge in [-0.25, -0.2) is 4.98 Å². The maximum absolute atomic E-state index is 13.0. The monoisotopic (exact) mass is 487 g/mol. The highest BCUT2D eigenvalue weighted by molar-refractivity contribution is 6.04. The van der Waals surface area contributed by atoms with Crippen molar-refractivity contribution in [2.24, 2.45) is 11.7 Å².